The van der Waals surface area contributed by atoms with Crippen molar-refractivity contribution in [3.05, 3.63) is 81.0 Å². The summed E-state index contributed by atoms with van der Waals surface area (Å²) in [5.41, 5.74) is 4.57. The predicted molar refractivity (Wildman–Crippen MR) is 96.2 cm³/mol. The lowest BCUT2D eigenvalue weighted by Crippen LogP contribution is -1.89. The van der Waals surface area contributed by atoms with Crippen LogP contribution in [-0.4, -0.2) is 11.1 Å². The molecular formula is C17H12BrN3O3. The van der Waals surface area contributed by atoms with Crippen molar-refractivity contribution in [2.24, 2.45) is 5.10 Å². The number of anilines is 1. The maximum Gasteiger partial charge on any atom is 0.269 e. The Morgan fingerprint density at radius 2 is 1.75 bits per heavy atom. The Morgan fingerprint density at radius 3 is 2.42 bits per heavy atom. The van der Waals surface area contributed by atoms with Gasteiger partial charge in [0.2, 0.25) is 0 Å². The van der Waals surface area contributed by atoms with E-state index in [0.29, 0.717) is 11.5 Å². The number of nitro groups is 1. The largest absolute Gasteiger partial charge is 0.455 e. The summed E-state index contributed by atoms with van der Waals surface area (Å²) in [6.45, 7) is 0. The second-order valence-electron chi connectivity index (χ2n) is 4.88. The summed E-state index contributed by atoms with van der Waals surface area (Å²) in [5.74, 6) is 1.20. The van der Waals surface area contributed by atoms with Crippen LogP contribution in [0, 0.1) is 10.1 Å². The van der Waals surface area contributed by atoms with Crippen molar-refractivity contribution in [2.45, 2.75) is 0 Å². The van der Waals surface area contributed by atoms with Crippen molar-refractivity contribution in [1.82, 2.24) is 0 Å². The van der Waals surface area contributed by atoms with E-state index in [1.807, 2.05) is 24.3 Å². The maximum absolute atomic E-state index is 10.7. The van der Waals surface area contributed by atoms with Gasteiger partial charge >= 0.3 is 0 Å². The Balaban J connectivity index is 1.67. The molecule has 120 valence electrons. The number of nitrogens with one attached hydrogen (secondary N) is 1. The molecule has 0 bridgehead atoms. The second kappa shape index (κ2) is 7.10. The van der Waals surface area contributed by atoms with E-state index < -0.39 is 4.92 Å². The lowest BCUT2D eigenvalue weighted by molar-refractivity contribution is -0.384. The molecule has 0 amide bonds. The minimum Gasteiger partial charge on any atom is -0.455 e. The van der Waals surface area contributed by atoms with Gasteiger partial charge in [-0.05, 0) is 48.5 Å². The van der Waals surface area contributed by atoms with Gasteiger partial charge in [0.25, 0.3) is 5.69 Å². The molecule has 2 aromatic carbocycles. The van der Waals surface area contributed by atoms with Gasteiger partial charge in [-0.1, -0.05) is 15.9 Å². The Morgan fingerprint density at radius 1 is 1.04 bits per heavy atom. The highest BCUT2D eigenvalue weighted by Gasteiger charge is 2.07. The SMILES string of the molecule is O=[N+]([O-])c1ccc(-c2ccc(C=NNc3ccc(Br)cc3)o2)cc1. The van der Waals surface area contributed by atoms with E-state index in [1.54, 1.807) is 30.5 Å². The molecule has 3 aromatic rings. The Labute approximate surface area is 146 Å². The fraction of sp³-hybridized carbons (Fsp3) is 0. The van der Waals surface area contributed by atoms with Crippen molar-refractivity contribution in [1.29, 1.82) is 0 Å². The number of nitrogens with zero attached hydrogens (tertiary/aromatic N) is 2. The summed E-state index contributed by atoms with van der Waals surface area (Å²) in [6.07, 6.45) is 1.57. The molecule has 0 fully saturated rings. The van der Waals surface area contributed by atoms with Gasteiger partial charge in [-0.3, -0.25) is 15.5 Å². The predicted octanol–water partition coefficient (Wildman–Crippen LogP) is 5.06. The molecule has 1 aromatic heterocycles. The summed E-state index contributed by atoms with van der Waals surface area (Å²) in [6, 6.07) is 17.4. The zero-order chi connectivity index (χ0) is 16.9. The van der Waals surface area contributed by atoms with Gasteiger partial charge in [0.05, 0.1) is 16.8 Å². The number of nitro benzene ring substituents is 1. The van der Waals surface area contributed by atoms with Gasteiger partial charge in [0.15, 0.2) is 0 Å². The average Bonchev–Trinajstić information content (AvgIpc) is 3.06. The molecule has 0 aliphatic rings. The molecule has 1 N–H and O–H groups in total. The highest BCUT2D eigenvalue weighted by molar-refractivity contribution is 9.10. The van der Waals surface area contributed by atoms with E-state index in [2.05, 4.69) is 26.5 Å². The quantitative estimate of drug-likeness (QED) is 0.377. The van der Waals surface area contributed by atoms with E-state index in [9.17, 15) is 10.1 Å². The van der Waals surface area contributed by atoms with Gasteiger partial charge in [0, 0.05) is 22.2 Å². The summed E-state index contributed by atoms with van der Waals surface area (Å²) in [4.78, 5) is 10.2. The highest BCUT2D eigenvalue weighted by Crippen LogP contribution is 2.24. The molecular weight excluding hydrogens is 374 g/mol. The third-order valence-electron chi connectivity index (χ3n) is 3.22. The molecule has 6 nitrogen and oxygen atoms in total. The molecule has 3 rings (SSSR count). The van der Waals surface area contributed by atoms with Gasteiger partial charge in [-0.15, -0.1) is 0 Å². The topological polar surface area (TPSA) is 80.7 Å². The summed E-state index contributed by atoms with van der Waals surface area (Å²) in [7, 11) is 0. The monoisotopic (exact) mass is 385 g/mol. The maximum atomic E-state index is 10.7. The van der Waals surface area contributed by atoms with Crippen LogP contribution in [0.15, 0.2) is 74.7 Å². The molecule has 0 atom stereocenters. The van der Waals surface area contributed by atoms with Crippen molar-refractivity contribution in [3.8, 4) is 11.3 Å². The molecule has 0 aliphatic heterocycles. The number of halogens is 1. The second-order valence-corrected chi connectivity index (χ2v) is 5.80. The summed E-state index contributed by atoms with van der Waals surface area (Å²) >= 11 is 3.37. The number of rotatable bonds is 5. The van der Waals surface area contributed by atoms with Crippen molar-refractivity contribution in [3.63, 3.8) is 0 Å². The van der Waals surface area contributed by atoms with E-state index in [0.717, 1.165) is 15.7 Å². The number of benzene rings is 2. The Hall–Kier alpha value is -2.93. The van der Waals surface area contributed by atoms with Crippen LogP contribution in [0.2, 0.25) is 0 Å². The van der Waals surface area contributed by atoms with Crippen molar-refractivity contribution >= 4 is 33.5 Å². The van der Waals surface area contributed by atoms with Crippen LogP contribution in [-0.2, 0) is 0 Å². The van der Waals surface area contributed by atoms with E-state index in [1.165, 1.54) is 12.1 Å². The number of furan rings is 1. The fourth-order valence-electron chi connectivity index (χ4n) is 2.02. The summed E-state index contributed by atoms with van der Waals surface area (Å²) < 4.78 is 6.66. The van der Waals surface area contributed by atoms with E-state index >= 15 is 0 Å². The number of hydrogen-bond acceptors (Lipinski definition) is 5. The van der Waals surface area contributed by atoms with Gasteiger partial charge < -0.3 is 4.42 Å². The zero-order valence-electron chi connectivity index (χ0n) is 12.3. The molecule has 1 heterocycles. The smallest absolute Gasteiger partial charge is 0.269 e. The third kappa shape index (κ3) is 3.88. The van der Waals surface area contributed by atoms with Crippen LogP contribution in [0.3, 0.4) is 0 Å². The van der Waals surface area contributed by atoms with Crippen LogP contribution in [0.1, 0.15) is 5.76 Å². The molecule has 0 saturated heterocycles. The lowest BCUT2D eigenvalue weighted by Gasteiger charge is -1.99. The molecule has 0 unspecified atom stereocenters. The summed E-state index contributed by atoms with van der Waals surface area (Å²) in [5, 5.41) is 14.8. The van der Waals surface area contributed by atoms with Crippen LogP contribution < -0.4 is 5.43 Å². The molecule has 7 heteroatoms. The fourth-order valence-corrected chi connectivity index (χ4v) is 2.28. The van der Waals surface area contributed by atoms with Crippen LogP contribution >= 0.6 is 15.9 Å². The van der Waals surface area contributed by atoms with E-state index in [-0.39, 0.29) is 5.69 Å². The highest BCUT2D eigenvalue weighted by atomic mass is 79.9. The van der Waals surface area contributed by atoms with Crippen LogP contribution in [0.25, 0.3) is 11.3 Å². The molecule has 0 spiro atoms. The molecule has 0 radical (unpaired) electrons. The first kappa shape index (κ1) is 15.9. The average molecular weight is 386 g/mol. The van der Waals surface area contributed by atoms with Crippen LogP contribution in [0.5, 0.6) is 0 Å². The zero-order valence-corrected chi connectivity index (χ0v) is 13.9. The molecule has 0 aliphatic carbocycles. The van der Waals surface area contributed by atoms with Crippen molar-refractivity contribution < 1.29 is 9.34 Å². The minimum absolute atomic E-state index is 0.0470. The molecule has 24 heavy (non-hydrogen) atoms. The minimum atomic E-state index is -0.433. The van der Waals surface area contributed by atoms with Gasteiger partial charge in [0.1, 0.15) is 11.5 Å². The lowest BCUT2D eigenvalue weighted by atomic mass is 10.1. The van der Waals surface area contributed by atoms with Crippen molar-refractivity contribution in [2.75, 3.05) is 5.43 Å². The first-order chi connectivity index (χ1) is 11.6. The van der Waals surface area contributed by atoms with E-state index in [4.69, 9.17) is 4.42 Å². The standard InChI is InChI=1S/C17H12BrN3O3/c18-13-3-5-14(6-4-13)20-19-11-16-9-10-17(24-16)12-1-7-15(8-2-12)21(22)23/h1-11,20H. The normalized spacial score (nSPS) is 10.9. The number of hydrogen-bond donors (Lipinski definition) is 1. The Kier molecular flexibility index (Phi) is 4.72. The third-order valence-corrected chi connectivity index (χ3v) is 3.75. The van der Waals surface area contributed by atoms with Gasteiger partial charge in [-0.25, -0.2) is 0 Å². The number of non-ortho nitro benzene ring substituents is 1. The first-order valence-electron chi connectivity index (χ1n) is 7.01. The first-order valence-corrected chi connectivity index (χ1v) is 7.80. The number of hydrazone groups is 1. The molecule has 0 saturated carbocycles. The van der Waals surface area contributed by atoms with Gasteiger partial charge in [-0.2, -0.15) is 5.10 Å². The van der Waals surface area contributed by atoms with Crippen LogP contribution in [0.4, 0.5) is 11.4 Å². The Bertz CT molecular complexity index is 871.